The number of rotatable bonds is 4. The van der Waals surface area contributed by atoms with Crippen molar-refractivity contribution in [1.82, 2.24) is 10.2 Å². The van der Waals surface area contributed by atoms with E-state index < -0.39 is 12.6 Å². The normalized spacial score (nSPS) is 17.1. The van der Waals surface area contributed by atoms with E-state index in [-0.39, 0.29) is 37.3 Å². The smallest absolute Gasteiger partial charge is 0.314 e. The average molecular weight is 394 g/mol. The summed E-state index contributed by atoms with van der Waals surface area (Å²) >= 11 is 5.95. The van der Waals surface area contributed by atoms with Gasteiger partial charge in [-0.05, 0) is 36.6 Å². The first kappa shape index (κ1) is 22.8. The quantitative estimate of drug-likeness (QED) is 0.792. The molecule has 2 rings (SSSR count). The highest BCUT2D eigenvalue weighted by molar-refractivity contribution is 6.30. The molecule has 0 radical (unpaired) electrons. The van der Waals surface area contributed by atoms with Crippen molar-refractivity contribution < 1.29 is 13.2 Å². The molecular weight excluding hydrogens is 372 g/mol. The van der Waals surface area contributed by atoms with Gasteiger partial charge in [0.25, 0.3) is 0 Å². The number of hydrogen-bond donors (Lipinski definition) is 1. The fourth-order valence-electron chi connectivity index (χ4n) is 2.84. The summed E-state index contributed by atoms with van der Waals surface area (Å²) in [6.45, 7) is 5.07. The van der Waals surface area contributed by atoms with Crippen LogP contribution in [-0.4, -0.2) is 37.3 Å². The number of hydrogen-bond acceptors (Lipinski definition) is 2. The molecule has 0 aromatic heterocycles. The number of alkyl halides is 3. The van der Waals surface area contributed by atoms with Crippen LogP contribution < -0.4 is 5.32 Å². The zero-order chi connectivity index (χ0) is 15.5. The molecule has 0 spiro atoms. The maximum Gasteiger partial charge on any atom is 0.389 e. The topological polar surface area (TPSA) is 15.3 Å². The summed E-state index contributed by atoms with van der Waals surface area (Å²) in [5, 5.41) is 3.85. The molecule has 2 nitrogen and oxygen atoms in total. The number of nitrogens with one attached hydrogen (secondary N) is 1. The third-order valence-electron chi connectivity index (χ3n) is 3.88. The first-order valence-corrected chi connectivity index (χ1v) is 7.52. The molecule has 0 saturated carbocycles. The van der Waals surface area contributed by atoms with E-state index in [9.17, 15) is 13.2 Å². The highest BCUT2D eigenvalue weighted by Gasteiger charge is 2.31. The minimum absolute atomic E-state index is 0. The maximum absolute atomic E-state index is 12.6. The van der Waals surface area contributed by atoms with Gasteiger partial charge in [0.2, 0.25) is 0 Å². The molecule has 1 heterocycles. The van der Waals surface area contributed by atoms with E-state index >= 15 is 0 Å². The largest absolute Gasteiger partial charge is 0.389 e. The van der Waals surface area contributed by atoms with Gasteiger partial charge in [0, 0.05) is 43.7 Å². The molecule has 1 aliphatic rings. The average Bonchev–Trinajstić information content (AvgIpc) is 2.41. The van der Waals surface area contributed by atoms with Gasteiger partial charge in [-0.2, -0.15) is 13.2 Å². The lowest BCUT2D eigenvalue weighted by Gasteiger charge is -2.36. The van der Waals surface area contributed by atoms with E-state index in [1.807, 2.05) is 19.1 Å². The van der Waals surface area contributed by atoms with Crippen LogP contribution in [0.15, 0.2) is 18.2 Å². The zero-order valence-corrected chi connectivity index (χ0v) is 15.2. The number of nitrogens with zero attached hydrogens (tertiary/aromatic N) is 1. The van der Waals surface area contributed by atoms with Gasteiger partial charge in [-0.25, -0.2) is 0 Å². The van der Waals surface area contributed by atoms with Gasteiger partial charge in [0.1, 0.15) is 0 Å². The van der Waals surface area contributed by atoms with Crippen LogP contribution in [0.3, 0.4) is 0 Å². The summed E-state index contributed by atoms with van der Waals surface area (Å²) in [7, 11) is 0. The molecule has 1 aromatic carbocycles. The summed E-state index contributed by atoms with van der Waals surface area (Å²) < 4.78 is 37.8. The molecule has 1 aromatic rings. The summed E-state index contributed by atoms with van der Waals surface area (Å²) in [6.07, 6.45) is -4.79. The summed E-state index contributed by atoms with van der Waals surface area (Å²) in [6, 6.07) is 5.23. The Kier molecular flexibility index (Phi) is 9.86. The molecule has 1 saturated heterocycles. The molecule has 0 bridgehead atoms. The van der Waals surface area contributed by atoms with Crippen molar-refractivity contribution >= 4 is 36.4 Å². The van der Waals surface area contributed by atoms with Gasteiger partial charge in [0.05, 0.1) is 0 Å². The lowest BCUT2D eigenvalue weighted by atomic mass is 9.95. The Hall–Kier alpha value is -0.200. The lowest BCUT2D eigenvalue weighted by Crippen LogP contribution is -2.45. The highest BCUT2D eigenvalue weighted by Crippen LogP contribution is 2.33. The Morgan fingerprint density at radius 2 is 1.83 bits per heavy atom. The molecule has 23 heavy (non-hydrogen) atoms. The molecule has 0 unspecified atom stereocenters. The van der Waals surface area contributed by atoms with E-state index in [2.05, 4.69) is 10.2 Å². The Morgan fingerprint density at radius 1 is 1.22 bits per heavy atom. The highest BCUT2D eigenvalue weighted by atomic mass is 35.5. The number of halogens is 6. The second-order valence-electron chi connectivity index (χ2n) is 5.46. The Balaban J connectivity index is 0.00000242. The number of piperazine rings is 1. The van der Waals surface area contributed by atoms with E-state index in [4.69, 9.17) is 11.6 Å². The van der Waals surface area contributed by atoms with Crippen LogP contribution in [0.2, 0.25) is 5.02 Å². The second kappa shape index (κ2) is 9.94. The van der Waals surface area contributed by atoms with Gasteiger partial charge in [-0.15, -0.1) is 24.8 Å². The molecule has 1 fully saturated rings. The van der Waals surface area contributed by atoms with Gasteiger partial charge in [0.15, 0.2) is 0 Å². The summed E-state index contributed by atoms with van der Waals surface area (Å²) in [5.74, 6) is 0. The van der Waals surface area contributed by atoms with Gasteiger partial charge < -0.3 is 5.32 Å². The SMILES string of the molecule is Cc1cc(Cl)ccc1[C@H](CCC(F)(F)F)N1CCNCC1.Cl.Cl. The van der Waals surface area contributed by atoms with E-state index in [1.54, 1.807) is 6.07 Å². The molecular formula is C15H22Cl3F3N2. The fourth-order valence-corrected chi connectivity index (χ4v) is 3.07. The molecule has 134 valence electrons. The second-order valence-corrected chi connectivity index (χ2v) is 5.89. The van der Waals surface area contributed by atoms with Gasteiger partial charge >= 0.3 is 6.18 Å². The van der Waals surface area contributed by atoms with Crippen molar-refractivity contribution in [1.29, 1.82) is 0 Å². The van der Waals surface area contributed by atoms with Crippen LogP contribution in [0.4, 0.5) is 13.2 Å². The Morgan fingerprint density at radius 3 is 2.35 bits per heavy atom. The minimum atomic E-state index is -4.12. The van der Waals surface area contributed by atoms with Crippen molar-refractivity contribution in [3.63, 3.8) is 0 Å². The molecule has 8 heteroatoms. The number of aryl methyl sites for hydroxylation is 1. The van der Waals surface area contributed by atoms with Crippen LogP contribution in [0.1, 0.15) is 30.0 Å². The predicted octanol–water partition coefficient (Wildman–Crippen LogP) is 4.78. The predicted molar refractivity (Wildman–Crippen MR) is 93.2 cm³/mol. The monoisotopic (exact) mass is 392 g/mol. The van der Waals surface area contributed by atoms with Crippen LogP contribution in [0, 0.1) is 6.92 Å². The molecule has 0 amide bonds. The van der Waals surface area contributed by atoms with Crippen LogP contribution in [-0.2, 0) is 0 Å². The van der Waals surface area contributed by atoms with Crippen molar-refractivity contribution in [2.24, 2.45) is 0 Å². The standard InChI is InChI=1S/C15H20ClF3N2.2ClH/c1-11-10-12(16)2-3-13(11)14(4-5-15(17,18)19)21-8-6-20-7-9-21;;/h2-3,10,14,20H,4-9H2,1H3;2*1H/t14-;;/m0../s1. The minimum Gasteiger partial charge on any atom is -0.314 e. The van der Waals surface area contributed by atoms with Gasteiger partial charge in [-0.3, -0.25) is 4.90 Å². The molecule has 1 aliphatic heterocycles. The fraction of sp³-hybridized carbons (Fsp3) is 0.600. The molecule has 1 atom stereocenters. The molecule has 1 N–H and O–H groups in total. The Bertz CT molecular complexity index is 478. The van der Waals surface area contributed by atoms with Crippen LogP contribution in [0.5, 0.6) is 0 Å². The van der Waals surface area contributed by atoms with Gasteiger partial charge in [-0.1, -0.05) is 17.7 Å². The van der Waals surface area contributed by atoms with E-state index in [0.29, 0.717) is 5.02 Å². The first-order valence-electron chi connectivity index (χ1n) is 7.14. The summed E-state index contributed by atoms with van der Waals surface area (Å²) in [5.41, 5.74) is 1.90. The van der Waals surface area contributed by atoms with Crippen LogP contribution in [0.25, 0.3) is 0 Å². The first-order chi connectivity index (χ1) is 9.87. The van der Waals surface area contributed by atoms with Crippen molar-refractivity contribution in [3.8, 4) is 0 Å². The molecule has 0 aliphatic carbocycles. The Labute approximate surface area is 152 Å². The van der Waals surface area contributed by atoms with E-state index in [0.717, 1.165) is 37.3 Å². The van der Waals surface area contributed by atoms with Crippen molar-refractivity contribution in [3.05, 3.63) is 34.3 Å². The lowest BCUT2D eigenvalue weighted by molar-refractivity contribution is -0.138. The summed E-state index contributed by atoms with van der Waals surface area (Å²) in [4.78, 5) is 2.14. The third-order valence-corrected chi connectivity index (χ3v) is 4.12. The zero-order valence-electron chi connectivity index (χ0n) is 12.8. The van der Waals surface area contributed by atoms with E-state index in [1.165, 1.54) is 0 Å². The van der Waals surface area contributed by atoms with Crippen molar-refractivity contribution in [2.75, 3.05) is 26.2 Å². The number of benzene rings is 1. The third kappa shape index (κ3) is 7.06. The van der Waals surface area contributed by atoms with Crippen molar-refractivity contribution in [2.45, 2.75) is 32.0 Å². The van der Waals surface area contributed by atoms with Crippen LogP contribution >= 0.6 is 36.4 Å². The maximum atomic E-state index is 12.6.